The van der Waals surface area contributed by atoms with Gasteiger partial charge in [-0.05, 0) is 38.0 Å². The van der Waals surface area contributed by atoms with Gasteiger partial charge in [0.1, 0.15) is 0 Å². The van der Waals surface area contributed by atoms with Crippen molar-refractivity contribution in [3.05, 3.63) is 0 Å². The molecular weight excluding hydrogens is 182 g/mol. The van der Waals surface area contributed by atoms with E-state index in [0.717, 1.165) is 5.92 Å². The molecule has 0 aliphatic heterocycles. The smallest absolute Gasteiger partial charge is 0.0154 e. The number of nitrogens with two attached hydrogens (primary N) is 1. The van der Waals surface area contributed by atoms with Crippen LogP contribution in [0, 0.1) is 5.92 Å². The van der Waals surface area contributed by atoms with E-state index in [4.69, 9.17) is 5.73 Å². The zero-order chi connectivity index (χ0) is 9.03. The van der Waals surface area contributed by atoms with Gasteiger partial charge < -0.3 is 5.73 Å². The van der Waals surface area contributed by atoms with Gasteiger partial charge in [-0.15, -0.1) is 12.4 Å². The molecule has 13 heavy (non-hydrogen) atoms. The summed E-state index contributed by atoms with van der Waals surface area (Å²) in [4.78, 5) is 0. The van der Waals surface area contributed by atoms with Gasteiger partial charge in [0.2, 0.25) is 0 Å². The minimum absolute atomic E-state index is 0. The Morgan fingerprint density at radius 3 is 2.31 bits per heavy atom. The summed E-state index contributed by atoms with van der Waals surface area (Å²) in [7, 11) is 0. The van der Waals surface area contributed by atoms with E-state index in [9.17, 15) is 0 Å². The highest BCUT2D eigenvalue weighted by atomic mass is 35.5. The first-order chi connectivity index (χ1) is 5.66. The lowest BCUT2D eigenvalue weighted by Gasteiger charge is -2.36. The van der Waals surface area contributed by atoms with Crippen LogP contribution in [-0.2, 0) is 0 Å². The fourth-order valence-corrected chi connectivity index (χ4v) is 2.12. The summed E-state index contributed by atoms with van der Waals surface area (Å²) in [5.74, 6) is 0.920. The minimum Gasteiger partial charge on any atom is -0.325 e. The molecule has 1 aliphatic carbocycles. The van der Waals surface area contributed by atoms with E-state index in [1.807, 2.05) is 0 Å². The molecule has 0 saturated heterocycles. The van der Waals surface area contributed by atoms with Crippen LogP contribution >= 0.6 is 12.4 Å². The largest absolute Gasteiger partial charge is 0.325 e. The van der Waals surface area contributed by atoms with Gasteiger partial charge in [-0.1, -0.05) is 26.7 Å². The highest BCUT2D eigenvalue weighted by Crippen LogP contribution is 2.33. The molecule has 0 spiro atoms. The van der Waals surface area contributed by atoms with Gasteiger partial charge in [-0.25, -0.2) is 0 Å². The maximum atomic E-state index is 6.31. The Balaban J connectivity index is 0.00000144. The zero-order valence-electron chi connectivity index (χ0n) is 9.01. The first kappa shape index (κ1) is 13.2. The van der Waals surface area contributed by atoms with Crippen molar-refractivity contribution < 1.29 is 0 Å². The summed E-state index contributed by atoms with van der Waals surface area (Å²) in [6.07, 6.45) is 9.05. The third kappa shape index (κ3) is 4.33. The fourth-order valence-electron chi connectivity index (χ4n) is 2.12. The van der Waals surface area contributed by atoms with Crippen LogP contribution in [0.25, 0.3) is 0 Å². The van der Waals surface area contributed by atoms with Crippen molar-refractivity contribution in [1.29, 1.82) is 0 Å². The summed E-state index contributed by atoms with van der Waals surface area (Å²) in [6, 6.07) is 0. The minimum atomic E-state index is 0. The second-order valence-electron chi connectivity index (χ2n) is 4.65. The van der Waals surface area contributed by atoms with Crippen LogP contribution in [0.2, 0.25) is 0 Å². The maximum absolute atomic E-state index is 6.31. The third-order valence-electron chi connectivity index (χ3n) is 3.30. The van der Waals surface area contributed by atoms with Crippen LogP contribution in [0.5, 0.6) is 0 Å². The van der Waals surface area contributed by atoms with Crippen LogP contribution in [0.15, 0.2) is 0 Å². The van der Waals surface area contributed by atoms with E-state index >= 15 is 0 Å². The van der Waals surface area contributed by atoms with Crippen molar-refractivity contribution in [3.8, 4) is 0 Å². The molecule has 1 rings (SSSR count). The Morgan fingerprint density at radius 1 is 1.31 bits per heavy atom. The Kier molecular flexibility index (Phi) is 5.98. The number of halogens is 1. The molecule has 0 amide bonds. The molecule has 1 aliphatic rings. The average molecular weight is 206 g/mol. The molecule has 0 bridgehead atoms. The van der Waals surface area contributed by atoms with E-state index in [0.29, 0.717) is 0 Å². The number of unbranched alkanes of at least 4 members (excludes halogenated alkanes) is 1. The topological polar surface area (TPSA) is 26.0 Å². The monoisotopic (exact) mass is 205 g/mol. The van der Waals surface area contributed by atoms with Gasteiger partial charge in [0.05, 0.1) is 0 Å². The molecule has 0 atom stereocenters. The molecule has 0 aromatic carbocycles. The van der Waals surface area contributed by atoms with Gasteiger partial charge in [0.15, 0.2) is 0 Å². The molecule has 0 radical (unpaired) electrons. The number of rotatable bonds is 3. The maximum Gasteiger partial charge on any atom is 0.0154 e. The van der Waals surface area contributed by atoms with Crippen molar-refractivity contribution >= 4 is 12.4 Å². The summed E-state index contributed by atoms with van der Waals surface area (Å²) in [5, 5.41) is 0. The standard InChI is InChI=1S/C11H23N.ClH/c1-3-4-7-11(12)8-5-10(2)6-9-11;/h10H,3-9,12H2,1-2H3;1H. The molecular formula is C11H24ClN. The number of hydrogen-bond donors (Lipinski definition) is 1. The van der Waals surface area contributed by atoms with E-state index in [1.165, 1.54) is 44.9 Å². The first-order valence-electron chi connectivity index (χ1n) is 5.45. The molecule has 0 unspecified atom stereocenters. The van der Waals surface area contributed by atoms with Crippen molar-refractivity contribution in [2.24, 2.45) is 11.7 Å². The third-order valence-corrected chi connectivity index (χ3v) is 3.30. The van der Waals surface area contributed by atoms with E-state index in [1.54, 1.807) is 0 Å². The summed E-state index contributed by atoms with van der Waals surface area (Å²) in [6.45, 7) is 4.59. The summed E-state index contributed by atoms with van der Waals surface area (Å²) in [5.41, 5.74) is 6.52. The van der Waals surface area contributed by atoms with E-state index in [2.05, 4.69) is 13.8 Å². The van der Waals surface area contributed by atoms with Crippen LogP contribution in [-0.4, -0.2) is 5.54 Å². The quantitative estimate of drug-likeness (QED) is 0.750. The average Bonchev–Trinajstić information content (AvgIpc) is 2.08. The zero-order valence-corrected chi connectivity index (χ0v) is 9.83. The Morgan fingerprint density at radius 2 is 1.85 bits per heavy atom. The molecule has 2 heteroatoms. The van der Waals surface area contributed by atoms with Gasteiger partial charge in [0, 0.05) is 5.54 Å². The van der Waals surface area contributed by atoms with E-state index < -0.39 is 0 Å². The predicted octanol–water partition coefficient (Wildman–Crippen LogP) is 3.51. The normalized spacial score (nSPS) is 33.9. The summed E-state index contributed by atoms with van der Waals surface area (Å²) >= 11 is 0. The van der Waals surface area contributed by atoms with Crippen LogP contribution in [0.3, 0.4) is 0 Å². The second-order valence-corrected chi connectivity index (χ2v) is 4.65. The molecule has 1 saturated carbocycles. The molecule has 0 heterocycles. The van der Waals surface area contributed by atoms with Crippen molar-refractivity contribution in [2.45, 2.75) is 64.3 Å². The Hall–Kier alpha value is 0.250. The van der Waals surface area contributed by atoms with Crippen LogP contribution in [0.1, 0.15) is 58.8 Å². The van der Waals surface area contributed by atoms with Gasteiger partial charge in [-0.3, -0.25) is 0 Å². The number of hydrogen-bond acceptors (Lipinski definition) is 1. The lowest BCUT2D eigenvalue weighted by Crippen LogP contribution is -2.42. The molecule has 1 fully saturated rings. The molecule has 0 aromatic heterocycles. The van der Waals surface area contributed by atoms with Crippen molar-refractivity contribution in [2.75, 3.05) is 0 Å². The molecule has 0 aromatic rings. The SMILES string of the molecule is CCCCC1(N)CCC(C)CC1.Cl. The second kappa shape index (κ2) is 5.87. The van der Waals surface area contributed by atoms with E-state index in [-0.39, 0.29) is 17.9 Å². The molecule has 1 nitrogen and oxygen atoms in total. The fraction of sp³-hybridized carbons (Fsp3) is 1.00. The lowest BCUT2D eigenvalue weighted by atomic mass is 9.75. The molecule has 2 N–H and O–H groups in total. The predicted molar refractivity (Wildman–Crippen MR) is 61.3 cm³/mol. The Bertz CT molecular complexity index is 123. The first-order valence-corrected chi connectivity index (χ1v) is 5.45. The van der Waals surface area contributed by atoms with Crippen molar-refractivity contribution in [3.63, 3.8) is 0 Å². The highest BCUT2D eigenvalue weighted by molar-refractivity contribution is 5.85. The lowest BCUT2D eigenvalue weighted by molar-refractivity contribution is 0.228. The Labute approximate surface area is 88.9 Å². The van der Waals surface area contributed by atoms with Gasteiger partial charge in [-0.2, -0.15) is 0 Å². The molecule has 80 valence electrons. The highest BCUT2D eigenvalue weighted by Gasteiger charge is 2.28. The van der Waals surface area contributed by atoms with Crippen LogP contribution in [0.4, 0.5) is 0 Å². The van der Waals surface area contributed by atoms with Crippen molar-refractivity contribution in [1.82, 2.24) is 0 Å². The van der Waals surface area contributed by atoms with Gasteiger partial charge in [0.25, 0.3) is 0 Å². The van der Waals surface area contributed by atoms with Crippen LogP contribution < -0.4 is 5.73 Å². The van der Waals surface area contributed by atoms with Gasteiger partial charge >= 0.3 is 0 Å². The summed E-state index contributed by atoms with van der Waals surface area (Å²) < 4.78 is 0.